The second kappa shape index (κ2) is 6.11. The Balaban J connectivity index is 1.42. The molecule has 128 valence electrons. The number of hydrogen-bond donors (Lipinski definition) is 0. The van der Waals surface area contributed by atoms with Gasteiger partial charge in [-0.2, -0.15) is 0 Å². The normalized spacial score (nSPS) is 32.2. The van der Waals surface area contributed by atoms with E-state index in [2.05, 4.69) is 17.0 Å². The predicted molar refractivity (Wildman–Crippen MR) is 88.1 cm³/mol. The molecular weight excluding hydrogens is 304 g/mol. The number of nitrogens with zero attached hydrogens (tertiary/aromatic N) is 2. The molecule has 4 atom stereocenters. The number of aliphatic carboxylic acids is 1. The van der Waals surface area contributed by atoms with Crippen molar-refractivity contribution in [2.75, 3.05) is 31.1 Å². The van der Waals surface area contributed by atoms with Crippen LogP contribution >= 0.6 is 0 Å². The van der Waals surface area contributed by atoms with Crippen molar-refractivity contribution in [2.24, 2.45) is 23.7 Å². The van der Waals surface area contributed by atoms with Gasteiger partial charge in [0.05, 0.1) is 0 Å². The maximum absolute atomic E-state index is 13.0. The fourth-order valence-electron chi connectivity index (χ4n) is 5.02. The molecule has 4 rings (SSSR count). The van der Waals surface area contributed by atoms with Gasteiger partial charge in [-0.3, -0.25) is 4.79 Å². The Bertz CT molecular complexity index is 625. The number of piperazine rings is 1. The number of carboxylic acid groups (broad SMARTS) is 1. The molecular formula is C19H23N2O3-. The minimum Gasteiger partial charge on any atom is -0.550 e. The number of rotatable bonds is 3. The van der Waals surface area contributed by atoms with E-state index in [0.717, 1.165) is 32.4 Å². The standard InChI is InChI=1S/C19H24N2O3/c22-18(16-13-6-7-14(12-13)17(16)19(23)24)21-10-8-20(9-11-21)15-4-2-1-3-5-15/h1-5,13-14,16-17H,6-12H2,(H,23,24)/p-1/t13-,14+,16-,17+/m1/s1. The van der Waals surface area contributed by atoms with E-state index in [1.165, 1.54) is 5.69 Å². The largest absolute Gasteiger partial charge is 0.550 e. The zero-order valence-electron chi connectivity index (χ0n) is 13.8. The third-order valence-corrected chi connectivity index (χ3v) is 6.19. The second-order valence-corrected chi connectivity index (χ2v) is 7.35. The molecule has 1 aromatic carbocycles. The summed E-state index contributed by atoms with van der Waals surface area (Å²) < 4.78 is 0. The molecule has 0 aromatic heterocycles. The van der Waals surface area contributed by atoms with Gasteiger partial charge in [0, 0.05) is 49.7 Å². The Hall–Kier alpha value is -2.04. The molecule has 2 aliphatic carbocycles. The molecule has 0 unspecified atom stereocenters. The molecule has 2 bridgehead atoms. The lowest BCUT2D eigenvalue weighted by Crippen LogP contribution is -2.53. The van der Waals surface area contributed by atoms with Crippen molar-refractivity contribution in [1.82, 2.24) is 4.90 Å². The summed E-state index contributed by atoms with van der Waals surface area (Å²) in [4.78, 5) is 28.7. The molecule has 3 aliphatic rings. The third-order valence-electron chi connectivity index (χ3n) is 6.19. The highest BCUT2D eigenvalue weighted by molar-refractivity contribution is 5.86. The van der Waals surface area contributed by atoms with E-state index < -0.39 is 11.9 Å². The van der Waals surface area contributed by atoms with Crippen molar-refractivity contribution >= 4 is 17.6 Å². The van der Waals surface area contributed by atoms with Crippen LogP contribution < -0.4 is 10.0 Å². The van der Waals surface area contributed by atoms with Crippen LogP contribution in [0.5, 0.6) is 0 Å². The zero-order chi connectivity index (χ0) is 16.7. The molecule has 1 amide bonds. The number of anilines is 1. The summed E-state index contributed by atoms with van der Waals surface area (Å²) in [6, 6.07) is 10.2. The van der Waals surface area contributed by atoms with Crippen LogP contribution in [0.25, 0.3) is 0 Å². The monoisotopic (exact) mass is 327 g/mol. The number of hydrogen-bond acceptors (Lipinski definition) is 4. The van der Waals surface area contributed by atoms with Crippen LogP contribution in [0.15, 0.2) is 30.3 Å². The Labute approximate surface area is 142 Å². The smallest absolute Gasteiger partial charge is 0.226 e. The van der Waals surface area contributed by atoms with Crippen molar-refractivity contribution in [3.05, 3.63) is 30.3 Å². The van der Waals surface area contributed by atoms with Crippen LogP contribution in [-0.2, 0) is 9.59 Å². The third kappa shape index (κ3) is 2.56. The number of amides is 1. The van der Waals surface area contributed by atoms with Gasteiger partial charge >= 0.3 is 0 Å². The summed E-state index contributed by atoms with van der Waals surface area (Å²) in [6.45, 7) is 2.93. The SMILES string of the molecule is O=C([O-])[C@H]1[C@H]2CC[C@H](C2)[C@H]1C(=O)N1CCN(c2ccccc2)CC1. The van der Waals surface area contributed by atoms with Crippen LogP contribution in [0.3, 0.4) is 0 Å². The average Bonchev–Trinajstić information content (AvgIpc) is 3.23. The van der Waals surface area contributed by atoms with Crippen LogP contribution in [0, 0.1) is 23.7 Å². The number of carbonyl (C=O) groups excluding carboxylic acids is 2. The second-order valence-electron chi connectivity index (χ2n) is 7.35. The first-order valence-corrected chi connectivity index (χ1v) is 8.95. The zero-order valence-corrected chi connectivity index (χ0v) is 13.8. The first-order valence-electron chi connectivity index (χ1n) is 8.95. The van der Waals surface area contributed by atoms with Gasteiger partial charge < -0.3 is 19.7 Å². The molecule has 1 aromatic rings. The summed E-state index contributed by atoms with van der Waals surface area (Å²) in [5.74, 6) is -1.50. The van der Waals surface area contributed by atoms with Gasteiger partial charge in [-0.15, -0.1) is 0 Å². The van der Waals surface area contributed by atoms with E-state index in [1.807, 2.05) is 23.1 Å². The lowest BCUT2D eigenvalue weighted by molar-refractivity contribution is -0.314. The minimum absolute atomic E-state index is 0.0455. The highest BCUT2D eigenvalue weighted by atomic mass is 16.4. The molecule has 5 heteroatoms. The first-order chi connectivity index (χ1) is 11.6. The number of carbonyl (C=O) groups is 2. The van der Waals surface area contributed by atoms with Gasteiger partial charge in [-0.25, -0.2) is 0 Å². The molecule has 5 nitrogen and oxygen atoms in total. The number of carboxylic acids is 1. The molecule has 24 heavy (non-hydrogen) atoms. The van der Waals surface area contributed by atoms with Gasteiger partial charge in [0.2, 0.25) is 5.91 Å². The molecule has 0 radical (unpaired) electrons. The Morgan fingerprint density at radius 2 is 1.54 bits per heavy atom. The Kier molecular flexibility index (Phi) is 3.94. The van der Waals surface area contributed by atoms with Crippen molar-refractivity contribution in [3.63, 3.8) is 0 Å². The Morgan fingerprint density at radius 3 is 2.17 bits per heavy atom. The molecule has 2 saturated carbocycles. The van der Waals surface area contributed by atoms with Gasteiger partial charge in [0.25, 0.3) is 0 Å². The van der Waals surface area contributed by atoms with Crippen molar-refractivity contribution < 1.29 is 14.7 Å². The highest BCUT2D eigenvalue weighted by Crippen LogP contribution is 2.52. The van der Waals surface area contributed by atoms with Crippen molar-refractivity contribution in [1.29, 1.82) is 0 Å². The number of benzene rings is 1. The maximum Gasteiger partial charge on any atom is 0.226 e. The summed E-state index contributed by atoms with van der Waals surface area (Å²) in [6.07, 6.45) is 2.82. The van der Waals surface area contributed by atoms with E-state index in [4.69, 9.17) is 0 Å². The first kappa shape index (κ1) is 15.5. The lowest BCUT2D eigenvalue weighted by atomic mass is 9.78. The van der Waals surface area contributed by atoms with E-state index in [9.17, 15) is 14.7 Å². The van der Waals surface area contributed by atoms with Crippen LogP contribution in [0.4, 0.5) is 5.69 Å². The van der Waals surface area contributed by atoms with Gasteiger partial charge in [-0.05, 0) is 43.2 Å². The Morgan fingerprint density at radius 1 is 0.917 bits per heavy atom. The molecule has 1 heterocycles. The van der Waals surface area contributed by atoms with Gasteiger partial charge in [0.1, 0.15) is 0 Å². The van der Waals surface area contributed by atoms with Crippen LogP contribution in [-0.4, -0.2) is 43.0 Å². The summed E-state index contributed by atoms with van der Waals surface area (Å²) in [5.41, 5.74) is 1.18. The van der Waals surface area contributed by atoms with Crippen LogP contribution in [0.2, 0.25) is 0 Å². The van der Waals surface area contributed by atoms with E-state index in [-0.39, 0.29) is 23.7 Å². The van der Waals surface area contributed by atoms with E-state index in [1.54, 1.807) is 0 Å². The van der Waals surface area contributed by atoms with E-state index >= 15 is 0 Å². The minimum atomic E-state index is -1.02. The predicted octanol–water partition coefficient (Wildman–Crippen LogP) is 0.747. The molecule has 3 fully saturated rings. The molecule has 1 saturated heterocycles. The summed E-state index contributed by atoms with van der Waals surface area (Å²) in [7, 11) is 0. The van der Waals surface area contributed by atoms with Gasteiger partial charge in [-0.1, -0.05) is 18.2 Å². The maximum atomic E-state index is 13.0. The van der Waals surface area contributed by atoms with Crippen molar-refractivity contribution in [2.45, 2.75) is 19.3 Å². The van der Waals surface area contributed by atoms with Crippen LogP contribution in [0.1, 0.15) is 19.3 Å². The summed E-state index contributed by atoms with van der Waals surface area (Å²) >= 11 is 0. The number of fused-ring (bicyclic) bond motifs is 2. The topological polar surface area (TPSA) is 63.7 Å². The summed E-state index contributed by atoms with van der Waals surface area (Å²) in [5, 5.41) is 11.5. The van der Waals surface area contributed by atoms with Gasteiger partial charge in [0.15, 0.2) is 0 Å². The average molecular weight is 327 g/mol. The lowest BCUT2D eigenvalue weighted by Gasteiger charge is -2.40. The quantitative estimate of drug-likeness (QED) is 0.822. The molecule has 0 spiro atoms. The van der Waals surface area contributed by atoms with E-state index in [0.29, 0.717) is 13.1 Å². The number of para-hydroxylation sites is 1. The fourth-order valence-corrected chi connectivity index (χ4v) is 5.02. The molecule has 0 N–H and O–H groups in total. The van der Waals surface area contributed by atoms with Crippen molar-refractivity contribution in [3.8, 4) is 0 Å². The highest BCUT2D eigenvalue weighted by Gasteiger charge is 2.52. The molecule has 1 aliphatic heterocycles. The fraction of sp³-hybridized carbons (Fsp3) is 0.579.